The van der Waals surface area contributed by atoms with Crippen LogP contribution in [0.5, 0.6) is 0 Å². The number of halogens is 1. The average molecular weight is 337 g/mol. The molecule has 1 atom stereocenters. The van der Waals surface area contributed by atoms with Gasteiger partial charge in [-0.3, -0.25) is 4.79 Å². The lowest BCUT2D eigenvalue weighted by atomic mass is 10.1. The molecule has 2 heterocycles. The third kappa shape index (κ3) is 3.90. The van der Waals surface area contributed by atoms with E-state index in [9.17, 15) is 9.59 Å². The molecule has 0 aliphatic rings. The van der Waals surface area contributed by atoms with Gasteiger partial charge in [-0.2, -0.15) is 0 Å². The van der Waals surface area contributed by atoms with Crippen molar-refractivity contribution in [3.63, 3.8) is 0 Å². The number of nitrogens with zero attached hydrogens (tertiary/aromatic N) is 1. The largest absolute Gasteiger partial charge is 0.465 e. The monoisotopic (exact) mass is 336 g/mol. The number of pyridine rings is 1. The molecule has 1 N–H and O–H groups in total. The van der Waals surface area contributed by atoms with Gasteiger partial charge in [-0.15, -0.1) is 0 Å². The highest BCUT2D eigenvalue weighted by Crippen LogP contribution is 2.22. The van der Waals surface area contributed by atoms with Crippen LogP contribution in [0.15, 0.2) is 22.7 Å². The van der Waals surface area contributed by atoms with Crippen LogP contribution in [0, 0.1) is 20.8 Å². The van der Waals surface area contributed by atoms with E-state index in [1.54, 1.807) is 32.9 Å². The molecule has 1 amide bonds. The first-order valence-corrected chi connectivity index (χ1v) is 7.37. The summed E-state index contributed by atoms with van der Waals surface area (Å²) in [5.74, 6) is 0.370. The van der Waals surface area contributed by atoms with E-state index in [4.69, 9.17) is 20.8 Å². The third-order valence-corrected chi connectivity index (χ3v) is 3.62. The number of anilines is 1. The van der Waals surface area contributed by atoms with E-state index in [1.165, 1.54) is 13.1 Å². The van der Waals surface area contributed by atoms with E-state index in [2.05, 4.69) is 10.3 Å². The summed E-state index contributed by atoms with van der Waals surface area (Å²) in [6.45, 7) is 6.70. The predicted molar refractivity (Wildman–Crippen MR) is 85.7 cm³/mol. The first-order chi connectivity index (χ1) is 10.8. The fraction of sp³-hybridized carbons (Fsp3) is 0.312. The van der Waals surface area contributed by atoms with Gasteiger partial charge in [0.25, 0.3) is 5.91 Å². The normalized spacial score (nSPS) is 11.9. The molecule has 0 aliphatic carbocycles. The second kappa shape index (κ2) is 6.83. The summed E-state index contributed by atoms with van der Waals surface area (Å²) in [5.41, 5.74) is 1.06. The molecule has 0 aromatic carbocycles. The number of aryl methyl sites for hydroxylation is 2. The summed E-state index contributed by atoms with van der Waals surface area (Å²) in [4.78, 5) is 28.2. The molecule has 23 heavy (non-hydrogen) atoms. The van der Waals surface area contributed by atoms with E-state index in [0.29, 0.717) is 33.5 Å². The third-order valence-electron chi connectivity index (χ3n) is 3.40. The van der Waals surface area contributed by atoms with Crippen LogP contribution in [0.4, 0.5) is 5.82 Å². The van der Waals surface area contributed by atoms with Gasteiger partial charge in [0, 0.05) is 11.8 Å². The number of rotatable bonds is 4. The van der Waals surface area contributed by atoms with Crippen LogP contribution in [-0.2, 0) is 9.53 Å². The van der Waals surface area contributed by atoms with Gasteiger partial charge >= 0.3 is 5.97 Å². The zero-order chi connectivity index (χ0) is 17.1. The zero-order valence-electron chi connectivity index (χ0n) is 13.3. The predicted octanol–water partition coefficient (Wildman–Crippen LogP) is 3.44. The molecule has 7 heteroatoms. The fourth-order valence-corrected chi connectivity index (χ4v) is 2.16. The lowest BCUT2D eigenvalue weighted by Crippen LogP contribution is -2.30. The number of nitrogens with one attached hydrogen (secondary N) is 1. The van der Waals surface area contributed by atoms with E-state index >= 15 is 0 Å². The molecule has 0 saturated heterocycles. The van der Waals surface area contributed by atoms with Crippen LogP contribution in [0.2, 0.25) is 5.02 Å². The maximum absolute atomic E-state index is 12.2. The van der Waals surface area contributed by atoms with Crippen LogP contribution < -0.4 is 5.32 Å². The number of furan rings is 1. The van der Waals surface area contributed by atoms with Gasteiger partial charge in [0.05, 0.1) is 5.02 Å². The number of ether oxygens (including phenoxy) is 1. The summed E-state index contributed by atoms with van der Waals surface area (Å²) < 4.78 is 10.6. The lowest BCUT2D eigenvalue weighted by molar-refractivity contribution is -0.123. The number of hydrogen-bond donors (Lipinski definition) is 1. The Morgan fingerprint density at radius 1 is 1.26 bits per heavy atom. The van der Waals surface area contributed by atoms with Gasteiger partial charge in [-0.25, -0.2) is 9.78 Å². The molecular weight excluding hydrogens is 320 g/mol. The molecule has 2 aromatic heterocycles. The molecule has 0 unspecified atom stereocenters. The Balaban J connectivity index is 2.03. The second-order valence-electron chi connectivity index (χ2n) is 5.11. The van der Waals surface area contributed by atoms with Crippen molar-refractivity contribution in [2.45, 2.75) is 33.8 Å². The molecule has 0 spiro atoms. The van der Waals surface area contributed by atoms with Gasteiger partial charge in [-0.05, 0) is 39.8 Å². The highest BCUT2D eigenvalue weighted by atomic mass is 35.5. The lowest BCUT2D eigenvalue weighted by Gasteiger charge is -2.13. The van der Waals surface area contributed by atoms with Crippen LogP contribution in [0.1, 0.15) is 34.4 Å². The Hall–Kier alpha value is -2.34. The van der Waals surface area contributed by atoms with Gasteiger partial charge in [-0.1, -0.05) is 11.6 Å². The minimum Gasteiger partial charge on any atom is -0.465 e. The average Bonchev–Trinajstić information content (AvgIpc) is 2.74. The number of carbonyl (C=O) groups is 2. The van der Waals surface area contributed by atoms with Gasteiger partial charge in [0.15, 0.2) is 6.10 Å². The first-order valence-electron chi connectivity index (χ1n) is 6.99. The number of esters is 1. The summed E-state index contributed by atoms with van der Waals surface area (Å²) in [7, 11) is 0. The van der Waals surface area contributed by atoms with Crippen molar-refractivity contribution in [2.75, 3.05) is 5.32 Å². The summed E-state index contributed by atoms with van der Waals surface area (Å²) in [6.07, 6.45) is 0.434. The van der Waals surface area contributed by atoms with Gasteiger partial charge < -0.3 is 14.5 Å². The second-order valence-corrected chi connectivity index (χ2v) is 5.55. The van der Waals surface area contributed by atoms with E-state index in [0.717, 1.165) is 0 Å². The van der Waals surface area contributed by atoms with Crippen molar-refractivity contribution in [1.82, 2.24) is 4.98 Å². The first kappa shape index (κ1) is 17.0. The van der Waals surface area contributed by atoms with Crippen molar-refractivity contribution >= 4 is 29.3 Å². The molecular formula is C16H17ClN2O4. The van der Waals surface area contributed by atoms with Crippen molar-refractivity contribution in [3.8, 4) is 0 Å². The number of aromatic nitrogens is 1. The minimum absolute atomic E-state index is 0.328. The van der Waals surface area contributed by atoms with Gasteiger partial charge in [0.2, 0.25) is 0 Å². The molecule has 2 aromatic rings. The molecule has 0 aliphatic heterocycles. The highest BCUT2D eigenvalue weighted by molar-refractivity contribution is 6.30. The van der Waals surface area contributed by atoms with Crippen molar-refractivity contribution in [3.05, 3.63) is 46.0 Å². The Bertz CT molecular complexity index is 737. The summed E-state index contributed by atoms with van der Waals surface area (Å²) in [5, 5.41) is 3.01. The van der Waals surface area contributed by atoms with Crippen LogP contribution in [0.25, 0.3) is 0 Å². The summed E-state index contributed by atoms with van der Waals surface area (Å²) >= 11 is 5.73. The fourth-order valence-electron chi connectivity index (χ4n) is 2.04. The Labute approximate surface area is 138 Å². The maximum atomic E-state index is 12.2. The molecule has 0 saturated carbocycles. The van der Waals surface area contributed by atoms with E-state index in [1.807, 2.05) is 0 Å². The SMILES string of the molecule is Cc1oc(C)c(C(=O)O[C@H](C)C(=O)Nc2ccc(Cl)cn2)c1C. The smallest absolute Gasteiger partial charge is 0.342 e. The van der Waals surface area contributed by atoms with Crippen LogP contribution in [-0.4, -0.2) is 23.0 Å². The van der Waals surface area contributed by atoms with E-state index < -0.39 is 18.0 Å². The number of hydrogen-bond acceptors (Lipinski definition) is 5. The van der Waals surface area contributed by atoms with E-state index in [-0.39, 0.29) is 0 Å². The van der Waals surface area contributed by atoms with Crippen molar-refractivity contribution < 1.29 is 18.7 Å². The quantitative estimate of drug-likeness (QED) is 0.865. The topological polar surface area (TPSA) is 81.4 Å². The van der Waals surface area contributed by atoms with Crippen molar-refractivity contribution in [1.29, 1.82) is 0 Å². The number of amides is 1. The molecule has 0 bridgehead atoms. The molecule has 0 fully saturated rings. The summed E-state index contributed by atoms with van der Waals surface area (Å²) in [6, 6.07) is 3.16. The number of carbonyl (C=O) groups excluding carboxylic acids is 2. The molecule has 6 nitrogen and oxygen atoms in total. The minimum atomic E-state index is -0.978. The standard InChI is InChI=1S/C16H17ClN2O4/c1-8-9(2)22-10(3)14(8)16(21)23-11(4)15(20)19-13-6-5-12(17)7-18-13/h5-7,11H,1-4H3,(H,18,19,20)/t11-/m1/s1. The Morgan fingerprint density at radius 3 is 2.48 bits per heavy atom. The van der Waals surface area contributed by atoms with Crippen LogP contribution >= 0.6 is 11.6 Å². The Kier molecular flexibility index (Phi) is 5.05. The van der Waals surface area contributed by atoms with Gasteiger partial charge in [0.1, 0.15) is 22.9 Å². The maximum Gasteiger partial charge on any atom is 0.342 e. The van der Waals surface area contributed by atoms with Crippen LogP contribution in [0.3, 0.4) is 0 Å². The Morgan fingerprint density at radius 2 is 1.96 bits per heavy atom. The molecule has 2 rings (SSSR count). The van der Waals surface area contributed by atoms with Crippen molar-refractivity contribution in [2.24, 2.45) is 0 Å². The molecule has 122 valence electrons. The molecule has 0 radical (unpaired) electrons. The zero-order valence-corrected chi connectivity index (χ0v) is 14.0. The highest BCUT2D eigenvalue weighted by Gasteiger charge is 2.24.